The van der Waals surface area contributed by atoms with Crippen LogP contribution in [0, 0.1) is 0 Å². The van der Waals surface area contributed by atoms with Gasteiger partial charge in [0.25, 0.3) is 11.8 Å². The van der Waals surface area contributed by atoms with Crippen LogP contribution >= 0.6 is 0 Å². The number of pyridine rings is 1. The first kappa shape index (κ1) is 21.5. The molecule has 3 aromatic rings. The fourth-order valence-corrected chi connectivity index (χ4v) is 3.87. The van der Waals surface area contributed by atoms with E-state index in [1.807, 2.05) is 19.9 Å². The molecule has 0 saturated heterocycles. The average Bonchev–Trinajstić information content (AvgIpc) is 3.38. The van der Waals surface area contributed by atoms with Gasteiger partial charge in [-0.25, -0.2) is 0 Å². The number of carbonyl (C=O) groups is 2. The summed E-state index contributed by atoms with van der Waals surface area (Å²) in [4.78, 5) is 32.2. The molecule has 0 saturated carbocycles. The lowest BCUT2D eigenvalue weighted by Crippen LogP contribution is -2.32. The number of nitrogens with one attached hydrogen (secondary N) is 1. The van der Waals surface area contributed by atoms with E-state index in [0.29, 0.717) is 34.1 Å². The number of anilines is 1. The van der Waals surface area contributed by atoms with Crippen molar-refractivity contribution in [3.63, 3.8) is 0 Å². The number of hydrogen-bond acceptors (Lipinski definition) is 7. The lowest BCUT2D eigenvalue weighted by Gasteiger charge is -2.15. The maximum atomic E-state index is 13.5. The number of amides is 2. The number of fused-ring (bicyclic) bond motifs is 1. The number of rotatable bonds is 7. The van der Waals surface area contributed by atoms with E-state index in [0.717, 1.165) is 5.56 Å². The highest BCUT2D eigenvalue weighted by atomic mass is 16.7. The van der Waals surface area contributed by atoms with Gasteiger partial charge in [-0.1, -0.05) is 18.2 Å². The number of hydrogen-bond donors (Lipinski definition) is 1. The van der Waals surface area contributed by atoms with Gasteiger partial charge < -0.3 is 19.5 Å². The van der Waals surface area contributed by atoms with Crippen molar-refractivity contribution in [2.75, 3.05) is 12.1 Å². The highest BCUT2D eigenvalue weighted by Gasteiger charge is 2.39. The van der Waals surface area contributed by atoms with Gasteiger partial charge in [0.1, 0.15) is 11.4 Å². The van der Waals surface area contributed by atoms with E-state index in [9.17, 15) is 9.59 Å². The van der Waals surface area contributed by atoms with Gasteiger partial charge in [0.2, 0.25) is 6.79 Å². The van der Waals surface area contributed by atoms with Gasteiger partial charge in [-0.15, -0.1) is 0 Å². The molecule has 2 aromatic carbocycles. The summed E-state index contributed by atoms with van der Waals surface area (Å²) in [5, 5.41) is 3.15. The Kier molecular flexibility index (Phi) is 5.63. The fraction of sp³-hybridized carbons (Fsp3) is 0.192. The molecular weight excluding hydrogens is 434 g/mol. The van der Waals surface area contributed by atoms with Crippen LogP contribution in [0.1, 0.15) is 25.0 Å². The Hall–Kier alpha value is -4.33. The molecule has 172 valence electrons. The lowest BCUT2D eigenvalue weighted by molar-refractivity contribution is -0.137. The molecule has 0 bridgehead atoms. The van der Waals surface area contributed by atoms with Gasteiger partial charge in [-0.05, 0) is 55.3 Å². The number of nitrogens with zero attached hydrogens (tertiary/aromatic N) is 2. The van der Waals surface area contributed by atoms with Crippen LogP contribution < -0.4 is 19.5 Å². The average molecular weight is 457 g/mol. The SMILES string of the molecule is CC(C)Oc1ccc(C2=C(Nc3ccc4c(c3)OCO4)C(=O)N(Cc3cccnc3)C2=O)cc1. The summed E-state index contributed by atoms with van der Waals surface area (Å²) in [6.07, 6.45) is 3.31. The third kappa shape index (κ3) is 4.17. The summed E-state index contributed by atoms with van der Waals surface area (Å²) in [7, 11) is 0. The number of benzene rings is 2. The highest BCUT2D eigenvalue weighted by Crippen LogP contribution is 2.37. The topological polar surface area (TPSA) is 90.0 Å². The van der Waals surface area contributed by atoms with Crippen LogP contribution in [0.4, 0.5) is 5.69 Å². The third-order valence-corrected chi connectivity index (χ3v) is 5.39. The van der Waals surface area contributed by atoms with Gasteiger partial charge >= 0.3 is 0 Å². The van der Waals surface area contributed by atoms with Gasteiger partial charge in [-0.2, -0.15) is 0 Å². The summed E-state index contributed by atoms with van der Waals surface area (Å²) in [6.45, 7) is 4.16. The minimum atomic E-state index is -0.413. The van der Waals surface area contributed by atoms with Crippen molar-refractivity contribution in [3.05, 3.63) is 83.8 Å². The van der Waals surface area contributed by atoms with Crippen LogP contribution in [-0.2, 0) is 16.1 Å². The molecule has 1 N–H and O–H groups in total. The number of imide groups is 1. The van der Waals surface area contributed by atoms with Crippen molar-refractivity contribution in [1.29, 1.82) is 0 Å². The number of carbonyl (C=O) groups excluding carboxylic acids is 2. The van der Waals surface area contributed by atoms with E-state index in [1.54, 1.807) is 60.9 Å². The van der Waals surface area contributed by atoms with E-state index in [-0.39, 0.29) is 31.0 Å². The van der Waals surface area contributed by atoms with Crippen molar-refractivity contribution in [2.45, 2.75) is 26.5 Å². The quantitative estimate of drug-likeness (QED) is 0.537. The normalized spacial score (nSPS) is 14.9. The minimum Gasteiger partial charge on any atom is -0.491 e. The van der Waals surface area contributed by atoms with Gasteiger partial charge in [-0.3, -0.25) is 19.5 Å². The molecule has 2 amide bonds. The van der Waals surface area contributed by atoms with Crippen molar-refractivity contribution in [2.24, 2.45) is 0 Å². The van der Waals surface area contributed by atoms with Gasteiger partial charge in [0, 0.05) is 24.1 Å². The Morgan fingerprint density at radius 2 is 1.82 bits per heavy atom. The second-order valence-electron chi connectivity index (χ2n) is 8.19. The molecule has 2 aliphatic heterocycles. The van der Waals surface area contributed by atoms with Crippen LogP contribution in [0.3, 0.4) is 0 Å². The molecular formula is C26H23N3O5. The predicted molar refractivity (Wildman–Crippen MR) is 125 cm³/mol. The molecule has 8 heteroatoms. The zero-order valence-electron chi connectivity index (χ0n) is 18.8. The second-order valence-corrected chi connectivity index (χ2v) is 8.19. The third-order valence-electron chi connectivity index (χ3n) is 5.39. The molecule has 2 aliphatic rings. The Morgan fingerprint density at radius 1 is 1.03 bits per heavy atom. The van der Waals surface area contributed by atoms with E-state index in [1.165, 1.54) is 4.90 Å². The number of aromatic nitrogens is 1. The molecule has 1 aromatic heterocycles. The molecule has 0 fully saturated rings. The summed E-state index contributed by atoms with van der Waals surface area (Å²) >= 11 is 0. The summed E-state index contributed by atoms with van der Waals surface area (Å²) in [6, 6.07) is 16.0. The Morgan fingerprint density at radius 3 is 2.56 bits per heavy atom. The predicted octanol–water partition coefficient (Wildman–Crippen LogP) is 3.99. The zero-order valence-corrected chi connectivity index (χ0v) is 18.8. The standard InChI is InChI=1S/C26H23N3O5/c1-16(2)34-20-8-5-18(6-9-20)23-24(28-19-7-10-21-22(12-19)33-15-32-21)26(31)29(25(23)30)14-17-4-3-11-27-13-17/h3-13,16,28H,14-15H2,1-2H3. The van der Waals surface area contributed by atoms with Crippen molar-refractivity contribution in [1.82, 2.24) is 9.88 Å². The molecule has 8 nitrogen and oxygen atoms in total. The van der Waals surface area contributed by atoms with Gasteiger partial charge in [0.05, 0.1) is 18.2 Å². The largest absolute Gasteiger partial charge is 0.491 e. The summed E-state index contributed by atoms with van der Waals surface area (Å²) < 4.78 is 16.5. The maximum absolute atomic E-state index is 13.5. The molecule has 0 spiro atoms. The van der Waals surface area contributed by atoms with Crippen LogP contribution in [0.25, 0.3) is 5.57 Å². The first-order valence-corrected chi connectivity index (χ1v) is 10.9. The fourth-order valence-electron chi connectivity index (χ4n) is 3.87. The van der Waals surface area contributed by atoms with E-state index in [4.69, 9.17) is 14.2 Å². The van der Waals surface area contributed by atoms with Crippen molar-refractivity contribution in [3.8, 4) is 17.2 Å². The van der Waals surface area contributed by atoms with E-state index in [2.05, 4.69) is 10.3 Å². The van der Waals surface area contributed by atoms with E-state index >= 15 is 0 Å². The molecule has 3 heterocycles. The van der Waals surface area contributed by atoms with Crippen molar-refractivity contribution >= 4 is 23.1 Å². The molecule has 5 rings (SSSR count). The first-order valence-electron chi connectivity index (χ1n) is 10.9. The smallest absolute Gasteiger partial charge is 0.278 e. The zero-order chi connectivity index (χ0) is 23.7. The Bertz CT molecular complexity index is 1270. The summed E-state index contributed by atoms with van der Waals surface area (Å²) in [5.74, 6) is 1.10. The molecule has 0 radical (unpaired) electrons. The molecule has 0 unspecified atom stereocenters. The number of ether oxygens (including phenoxy) is 3. The van der Waals surface area contributed by atoms with Crippen LogP contribution in [0.5, 0.6) is 17.2 Å². The monoisotopic (exact) mass is 457 g/mol. The minimum absolute atomic E-state index is 0.0259. The maximum Gasteiger partial charge on any atom is 0.278 e. The summed E-state index contributed by atoms with van der Waals surface area (Å²) in [5.41, 5.74) is 2.48. The first-order chi connectivity index (χ1) is 16.5. The van der Waals surface area contributed by atoms with Crippen LogP contribution in [-0.4, -0.2) is 34.6 Å². The van der Waals surface area contributed by atoms with Gasteiger partial charge in [0.15, 0.2) is 11.5 Å². The second kappa shape index (κ2) is 8.90. The molecule has 0 atom stereocenters. The Labute approximate surface area is 196 Å². The molecule has 0 aliphatic carbocycles. The Balaban J connectivity index is 1.51. The van der Waals surface area contributed by atoms with Crippen LogP contribution in [0.15, 0.2) is 72.7 Å². The highest BCUT2D eigenvalue weighted by molar-refractivity contribution is 6.36. The van der Waals surface area contributed by atoms with E-state index < -0.39 is 5.91 Å². The molecule has 34 heavy (non-hydrogen) atoms. The lowest BCUT2D eigenvalue weighted by atomic mass is 10.0. The van der Waals surface area contributed by atoms with Crippen LogP contribution in [0.2, 0.25) is 0 Å². The van der Waals surface area contributed by atoms with Crippen molar-refractivity contribution < 1.29 is 23.8 Å².